The van der Waals surface area contributed by atoms with E-state index < -0.39 is 10.8 Å². The average molecular weight is 287 g/mol. The lowest BCUT2D eigenvalue weighted by atomic mass is 10.0. The van der Waals surface area contributed by atoms with Gasteiger partial charge in [-0.25, -0.2) is 4.79 Å². The maximum absolute atomic E-state index is 11.8. The number of carbonyl (C=O) groups is 2. The van der Waals surface area contributed by atoms with Gasteiger partial charge in [0.15, 0.2) is 5.78 Å². The number of rotatable bonds is 4. The van der Waals surface area contributed by atoms with Gasteiger partial charge in [0.1, 0.15) is 11.3 Å². The Morgan fingerprint density at radius 1 is 1.44 bits per heavy atom. The van der Waals surface area contributed by atoms with Crippen molar-refractivity contribution in [3.8, 4) is 5.75 Å². The van der Waals surface area contributed by atoms with Gasteiger partial charge in [-0.2, -0.15) is 0 Å². The first-order valence-electron chi connectivity index (χ1n) is 4.57. The standard InChI is InChI=1S/C11H11BrO4/c1-6(12)10(13)7-4-3-5-8(16-2)9(7)11(14)15/h3-6H,1-2H3,(H,14,15). The van der Waals surface area contributed by atoms with Gasteiger partial charge in [-0.05, 0) is 13.0 Å². The molecular weight excluding hydrogens is 276 g/mol. The number of ether oxygens (including phenoxy) is 1. The van der Waals surface area contributed by atoms with Crippen molar-refractivity contribution in [3.63, 3.8) is 0 Å². The fourth-order valence-corrected chi connectivity index (χ4v) is 1.59. The molecule has 0 aromatic heterocycles. The Kier molecular flexibility index (Phi) is 4.06. The van der Waals surface area contributed by atoms with Crippen LogP contribution in [-0.4, -0.2) is 28.8 Å². The van der Waals surface area contributed by atoms with Gasteiger partial charge >= 0.3 is 5.97 Å². The minimum atomic E-state index is -1.17. The number of carbonyl (C=O) groups excluding carboxylic acids is 1. The zero-order valence-corrected chi connectivity index (χ0v) is 10.4. The minimum absolute atomic E-state index is 0.0960. The highest BCUT2D eigenvalue weighted by Gasteiger charge is 2.23. The third kappa shape index (κ3) is 2.41. The van der Waals surface area contributed by atoms with Crippen molar-refractivity contribution in [1.82, 2.24) is 0 Å². The van der Waals surface area contributed by atoms with Crippen LogP contribution in [0.5, 0.6) is 5.75 Å². The molecule has 0 radical (unpaired) electrons. The third-order valence-corrected chi connectivity index (χ3v) is 2.50. The van der Waals surface area contributed by atoms with E-state index in [0.717, 1.165) is 0 Å². The van der Waals surface area contributed by atoms with E-state index in [1.54, 1.807) is 13.0 Å². The van der Waals surface area contributed by atoms with Crippen molar-refractivity contribution >= 4 is 27.7 Å². The number of Topliss-reactive ketones (excluding diaryl/α,β-unsaturated/α-hetero) is 1. The van der Waals surface area contributed by atoms with Gasteiger partial charge in [0.2, 0.25) is 0 Å². The van der Waals surface area contributed by atoms with E-state index >= 15 is 0 Å². The summed E-state index contributed by atoms with van der Waals surface area (Å²) in [5, 5.41) is 9.06. The van der Waals surface area contributed by atoms with E-state index in [-0.39, 0.29) is 22.7 Å². The molecule has 1 aromatic carbocycles. The lowest BCUT2D eigenvalue weighted by Crippen LogP contribution is -2.16. The van der Waals surface area contributed by atoms with Crippen LogP contribution in [0.2, 0.25) is 0 Å². The number of methoxy groups -OCH3 is 1. The second kappa shape index (κ2) is 5.12. The Morgan fingerprint density at radius 2 is 2.06 bits per heavy atom. The molecule has 0 bridgehead atoms. The van der Waals surface area contributed by atoms with Crippen LogP contribution in [0, 0.1) is 0 Å². The average Bonchev–Trinajstić information content (AvgIpc) is 2.26. The molecule has 1 N–H and O–H groups in total. The zero-order valence-electron chi connectivity index (χ0n) is 8.86. The van der Waals surface area contributed by atoms with Crippen molar-refractivity contribution in [3.05, 3.63) is 29.3 Å². The van der Waals surface area contributed by atoms with Crippen molar-refractivity contribution in [2.45, 2.75) is 11.8 Å². The van der Waals surface area contributed by atoms with Crippen LogP contribution >= 0.6 is 15.9 Å². The number of hydrogen-bond acceptors (Lipinski definition) is 3. The number of alkyl halides is 1. The maximum Gasteiger partial charge on any atom is 0.340 e. The van der Waals surface area contributed by atoms with Crippen LogP contribution in [0.25, 0.3) is 0 Å². The molecule has 0 heterocycles. The number of halogens is 1. The molecule has 0 fully saturated rings. The Morgan fingerprint density at radius 3 is 2.50 bits per heavy atom. The second-order valence-corrected chi connectivity index (χ2v) is 4.54. The van der Waals surface area contributed by atoms with E-state index in [1.807, 2.05) is 0 Å². The van der Waals surface area contributed by atoms with E-state index in [1.165, 1.54) is 19.2 Å². The first kappa shape index (κ1) is 12.7. The molecule has 0 amide bonds. The summed E-state index contributed by atoms with van der Waals surface area (Å²) in [6.45, 7) is 1.65. The summed E-state index contributed by atoms with van der Waals surface area (Å²) in [5.74, 6) is -1.27. The van der Waals surface area contributed by atoms with E-state index in [2.05, 4.69) is 15.9 Å². The predicted octanol–water partition coefficient (Wildman–Crippen LogP) is 2.36. The highest BCUT2D eigenvalue weighted by molar-refractivity contribution is 9.10. The number of hydrogen-bond donors (Lipinski definition) is 1. The fourth-order valence-electron chi connectivity index (χ4n) is 1.34. The van der Waals surface area contributed by atoms with Crippen molar-refractivity contribution in [2.75, 3.05) is 7.11 Å². The lowest BCUT2D eigenvalue weighted by molar-refractivity contribution is 0.0688. The SMILES string of the molecule is COc1cccc(C(=O)C(C)Br)c1C(=O)O. The van der Waals surface area contributed by atoms with Gasteiger partial charge in [0, 0.05) is 5.56 Å². The van der Waals surface area contributed by atoms with Crippen molar-refractivity contribution in [1.29, 1.82) is 0 Å². The molecule has 5 heteroatoms. The van der Waals surface area contributed by atoms with Crippen LogP contribution in [-0.2, 0) is 0 Å². The number of aromatic carboxylic acids is 1. The normalized spacial score (nSPS) is 11.9. The first-order chi connectivity index (χ1) is 7.49. The zero-order chi connectivity index (χ0) is 12.3. The Balaban J connectivity index is 3.39. The summed E-state index contributed by atoms with van der Waals surface area (Å²) in [5.41, 5.74) is 0.0533. The smallest absolute Gasteiger partial charge is 0.340 e. The van der Waals surface area contributed by atoms with Crippen LogP contribution in [0.4, 0.5) is 0 Å². The molecule has 16 heavy (non-hydrogen) atoms. The molecule has 0 saturated carbocycles. The Bertz CT molecular complexity index is 426. The summed E-state index contributed by atoms with van der Waals surface area (Å²) in [7, 11) is 1.37. The highest BCUT2D eigenvalue weighted by atomic mass is 79.9. The molecular formula is C11H11BrO4. The Hall–Kier alpha value is -1.36. The summed E-state index contributed by atoms with van der Waals surface area (Å²) >= 11 is 3.12. The van der Waals surface area contributed by atoms with Gasteiger partial charge in [-0.1, -0.05) is 28.1 Å². The van der Waals surface area contributed by atoms with Crippen LogP contribution in [0.3, 0.4) is 0 Å². The van der Waals surface area contributed by atoms with E-state index in [0.29, 0.717) is 0 Å². The van der Waals surface area contributed by atoms with Gasteiger partial charge in [-0.15, -0.1) is 0 Å². The van der Waals surface area contributed by atoms with E-state index in [9.17, 15) is 9.59 Å². The highest BCUT2D eigenvalue weighted by Crippen LogP contribution is 2.24. The summed E-state index contributed by atoms with van der Waals surface area (Å²) < 4.78 is 4.93. The molecule has 1 rings (SSSR count). The summed E-state index contributed by atoms with van der Waals surface area (Å²) in [4.78, 5) is 22.4. The van der Waals surface area contributed by atoms with E-state index in [4.69, 9.17) is 9.84 Å². The lowest BCUT2D eigenvalue weighted by Gasteiger charge is -2.10. The molecule has 1 atom stereocenters. The number of ketones is 1. The fraction of sp³-hybridized carbons (Fsp3) is 0.273. The minimum Gasteiger partial charge on any atom is -0.496 e. The molecule has 86 valence electrons. The topological polar surface area (TPSA) is 63.6 Å². The molecule has 4 nitrogen and oxygen atoms in total. The third-order valence-electron chi connectivity index (χ3n) is 2.09. The van der Waals surface area contributed by atoms with Crippen LogP contribution in [0.1, 0.15) is 27.6 Å². The van der Waals surface area contributed by atoms with Crippen molar-refractivity contribution < 1.29 is 19.4 Å². The largest absolute Gasteiger partial charge is 0.496 e. The molecule has 1 aromatic rings. The number of carboxylic acid groups (broad SMARTS) is 1. The van der Waals surface area contributed by atoms with Crippen LogP contribution < -0.4 is 4.74 Å². The molecule has 1 unspecified atom stereocenters. The summed E-state index contributed by atoms with van der Waals surface area (Å²) in [6, 6.07) is 4.58. The molecule has 0 aliphatic carbocycles. The first-order valence-corrected chi connectivity index (χ1v) is 5.49. The van der Waals surface area contributed by atoms with Gasteiger partial charge < -0.3 is 9.84 Å². The predicted molar refractivity (Wildman–Crippen MR) is 62.7 cm³/mol. The number of benzene rings is 1. The van der Waals surface area contributed by atoms with Gasteiger partial charge in [0.05, 0.1) is 11.9 Å². The molecule has 0 aliphatic heterocycles. The monoisotopic (exact) mass is 286 g/mol. The summed E-state index contributed by atoms with van der Waals surface area (Å²) in [6.07, 6.45) is 0. The van der Waals surface area contributed by atoms with Crippen molar-refractivity contribution in [2.24, 2.45) is 0 Å². The van der Waals surface area contributed by atoms with Gasteiger partial charge in [0.25, 0.3) is 0 Å². The second-order valence-electron chi connectivity index (χ2n) is 3.17. The quantitative estimate of drug-likeness (QED) is 0.682. The van der Waals surface area contributed by atoms with Crippen LogP contribution in [0.15, 0.2) is 18.2 Å². The molecule has 0 spiro atoms. The van der Waals surface area contributed by atoms with Gasteiger partial charge in [-0.3, -0.25) is 4.79 Å². The molecule has 0 aliphatic rings. The maximum atomic E-state index is 11.8. The Labute approximate surface area is 101 Å². The molecule has 0 saturated heterocycles. The number of carboxylic acids is 1.